The topological polar surface area (TPSA) is 44.8 Å². The summed E-state index contributed by atoms with van der Waals surface area (Å²) in [6.45, 7) is 5.44. The molecule has 5 rings (SSSR count). The summed E-state index contributed by atoms with van der Waals surface area (Å²) in [5.41, 5.74) is 1.96. The predicted octanol–water partition coefficient (Wildman–Crippen LogP) is 5.08. The van der Waals surface area contributed by atoms with Gasteiger partial charge in [-0.15, -0.1) is 0 Å². The van der Waals surface area contributed by atoms with E-state index < -0.39 is 11.7 Å². The van der Waals surface area contributed by atoms with E-state index in [-0.39, 0.29) is 5.91 Å². The second-order valence-corrected chi connectivity index (χ2v) is 9.10. The van der Waals surface area contributed by atoms with E-state index in [4.69, 9.17) is 4.74 Å². The highest BCUT2D eigenvalue weighted by Gasteiger charge is 2.31. The first-order valence-electron chi connectivity index (χ1n) is 12.0. The number of hydrogen-bond acceptors (Lipinski definition) is 4. The van der Waals surface area contributed by atoms with Crippen LogP contribution in [0.25, 0.3) is 10.8 Å². The normalized spacial score (nSPS) is 16.4. The van der Waals surface area contributed by atoms with Crippen LogP contribution in [0.2, 0.25) is 0 Å². The minimum Gasteiger partial charge on any atom is -0.494 e. The molecule has 8 heteroatoms. The first-order chi connectivity index (χ1) is 16.9. The van der Waals surface area contributed by atoms with Crippen LogP contribution in [-0.2, 0) is 12.7 Å². The van der Waals surface area contributed by atoms with Crippen LogP contribution in [0.5, 0.6) is 5.75 Å². The number of hydrogen-bond donors (Lipinski definition) is 1. The van der Waals surface area contributed by atoms with Crippen molar-refractivity contribution < 1.29 is 22.7 Å². The number of carbonyl (C=O) groups excluding carboxylic acids is 1. The molecule has 3 aromatic rings. The molecule has 0 unspecified atom stereocenters. The molecular formula is C27H28F3N3O2. The van der Waals surface area contributed by atoms with Crippen molar-refractivity contribution in [2.45, 2.75) is 25.6 Å². The molecule has 0 atom stereocenters. The fraction of sp³-hybridized carbons (Fsp3) is 0.370. The summed E-state index contributed by atoms with van der Waals surface area (Å²) >= 11 is 0. The zero-order valence-corrected chi connectivity index (χ0v) is 19.4. The molecule has 1 fully saturated rings. The lowest BCUT2D eigenvalue weighted by Gasteiger charge is -2.36. The second-order valence-electron chi connectivity index (χ2n) is 9.10. The van der Waals surface area contributed by atoms with Gasteiger partial charge in [0.15, 0.2) is 0 Å². The van der Waals surface area contributed by atoms with Gasteiger partial charge in [-0.05, 0) is 60.7 Å². The summed E-state index contributed by atoms with van der Waals surface area (Å²) in [7, 11) is 0. The Labute approximate surface area is 202 Å². The summed E-state index contributed by atoms with van der Waals surface area (Å²) in [5, 5.41) is 4.28. The highest BCUT2D eigenvalue weighted by Crippen LogP contribution is 2.35. The Hall–Kier alpha value is -3.26. The maximum absolute atomic E-state index is 13.2. The number of rotatable bonds is 7. The lowest BCUT2D eigenvalue weighted by molar-refractivity contribution is -0.137. The number of amides is 1. The standard InChI is InChI=1S/C27H28F3N3O2/c28-27(29,30)21-8-6-19-4-3-5-25(23(19)16-21)33-13-11-32(12-14-33)10-1-2-15-35-22-9-7-20-18-31-26(34)24(20)17-22/h3-9,16-17H,1-2,10-15,18H2,(H,31,34). The molecule has 35 heavy (non-hydrogen) atoms. The summed E-state index contributed by atoms with van der Waals surface area (Å²) in [6, 6.07) is 15.3. The Kier molecular flexibility index (Phi) is 6.56. The fourth-order valence-corrected chi connectivity index (χ4v) is 4.83. The third-order valence-corrected chi connectivity index (χ3v) is 6.80. The number of benzene rings is 3. The van der Waals surface area contributed by atoms with Crippen molar-refractivity contribution >= 4 is 22.4 Å². The quantitative estimate of drug-likeness (QED) is 0.476. The molecule has 2 aliphatic heterocycles. The number of fused-ring (bicyclic) bond motifs is 2. The van der Waals surface area contributed by atoms with Gasteiger partial charge in [0, 0.05) is 49.4 Å². The average molecular weight is 484 g/mol. The minimum absolute atomic E-state index is 0.0473. The monoisotopic (exact) mass is 483 g/mol. The van der Waals surface area contributed by atoms with Crippen molar-refractivity contribution in [3.05, 3.63) is 71.3 Å². The number of alkyl halides is 3. The molecule has 0 bridgehead atoms. The van der Waals surface area contributed by atoms with Gasteiger partial charge in [0.1, 0.15) is 5.75 Å². The SMILES string of the molecule is O=C1NCc2ccc(OCCCCN3CCN(c4cccc5ccc(C(F)(F)F)cc45)CC3)cc21. The molecule has 1 N–H and O–H groups in total. The van der Waals surface area contributed by atoms with Gasteiger partial charge in [-0.3, -0.25) is 9.69 Å². The average Bonchev–Trinajstić information content (AvgIpc) is 3.23. The van der Waals surface area contributed by atoms with Gasteiger partial charge in [0.2, 0.25) is 0 Å². The van der Waals surface area contributed by atoms with Gasteiger partial charge in [0.05, 0.1) is 12.2 Å². The first-order valence-corrected chi connectivity index (χ1v) is 12.0. The first kappa shape index (κ1) is 23.5. The molecule has 3 aromatic carbocycles. The maximum atomic E-state index is 13.2. The maximum Gasteiger partial charge on any atom is 0.416 e. The summed E-state index contributed by atoms with van der Waals surface area (Å²) in [4.78, 5) is 16.4. The molecule has 2 aliphatic rings. The van der Waals surface area contributed by atoms with Crippen LogP contribution in [0.3, 0.4) is 0 Å². The number of piperazine rings is 1. The minimum atomic E-state index is -4.35. The van der Waals surface area contributed by atoms with E-state index in [1.54, 1.807) is 6.07 Å². The highest BCUT2D eigenvalue weighted by molar-refractivity contribution is 5.98. The Balaban J connectivity index is 1.10. The zero-order valence-electron chi connectivity index (χ0n) is 19.4. The van der Waals surface area contributed by atoms with Crippen molar-refractivity contribution in [3.63, 3.8) is 0 Å². The van der Waals surface area contributed by atoms with E-state index in [9.17, 15) is 18.0 Å². The van der Waals surface area contributed by atoms with Crippen LogP contribution in [0.4, 0.5) is 18.9 Å². The molecule has 184 valence electrons. The smallest absolute Gasteiger partial charge is 0.416 e. The highest BCUT2D eigenvalue weighted by atomic mass is 19.4. The van der Waals surface area contributed by atoms with Gasteiger partial charge in [-0.25, -0.2) is 0 Å². The van der Waals surface area contributed by atoms with Crippen LogP contribution in [0.15, 0.2) is 54.6 Å². The van der Waals surface area contributed by atoms with Gasteiger partial charge in [-0.2, -0.15) is 13.2 Å². The van der Waals surface area contributed by atoms with Crippen molar-refractivity contribution in [3.8, 4) is 5.75 Å². The van der Waals surface area contributed by atoms with Gasteiger partial charge in [0.25, 0.3) is 5.91 Å². The van der Waals surface area contributed by atoms with E-state index >= 15 is 0 Å². The van der Waals surface area contributed by atoms with Crippen molar-refractivity contribution in [2.24, 2.45) is 0 Å². The van der Waals surface area contributed by atoms with E-state index in [1.165, 1.54) is 6.07 Å². The number of ether oxygens (including phenoxy) is 1. The van der Waals surface area contributed by atoms with Crippen LogP contribution < -0.4 is 15.0 Å². The zero-order chi connectivity index (χ0) is 24.4. The van der Waals surface area contributed by atoms with Crippen molar-refractivity contribution in [1.82, 2.24) is 10.2 Å². The Morgan fingerprint density at radius 3 is 2.57 bits per heavy atom. The molecule has 1 saturated heterocycles. The van der Waals surface area contributed by atoms with Gasteiger partial charge in [-0.1, -0.05) is 24.3 Å². The molecule has 2 heterocycles. The van der Waals surface area contributed by atoms with E-state index in [1.807, 2.05) is 36.4 Å². The van der Waals surface area contributed by atoms with E-state index in [2.05, 4.69) is 15.1 Å². The Morgan fingerprint density at radius 1 is 0.943 bits per heavy atom. The number of halogens is 3. The van der Waals surface area contributed by atoms with E-state index in [0.717, 1.165) is 74.0 Å². The van der Waals surface area contributed by atoms with Crippen molar-refractivity contribution in [1.29, 1.82) is 0 Å². The lowest BCUT2D eigenvalue weighted by Crippen LogP contribution is -2.46. The Morgan fingerprint density at radius 2 is 1.77 bits per heavy atom. The summed E-state index contributed by atoms with van der Waals surface area (Å²) in [6.07, 6.45) is -2.44. The number of nitrogens with one attached hydrogen (secondary N) is 1. The molecule has 0 saturated carbocycles. The second kappa shape index (κ2) is 9.77. The number of nitrogens with zero attached hydrogens (tertiary/aromatic N) is 2. The van der Waals surface area contributed by atoms with Crippen LogP contribution in [-0.4, -0.2) is 50.1 Å². The lowest BCUT2D eigenvalue weighted by atomic mass is 10.0. The van der Waals surface area contributed by atoms with Crippen LogP contribution in [0, 0.1) is 0 Å². The third kappa shape index (κ3) is 5.22. The van der Waals surface area contributed by atoms with Crippen molar-refractivity contribution in [2.75, 3.05) is 44.2 Å². The Bertz CT molecular complexity index is 1220. The molecule has 5 nitrogen and oxygen atoms in total. The molecule has 0 radical (unpaired) electrons. The molecular weight excluding hydrogens is 455 g/mol. The third-order valence-electron chi connectivity index (χ3n) is 6.80. The summed E-state index contributed by atoms with van der Waals surface area (Å²) in [5.74, 6) is 0.673. The molecule has 1 amide bonds. The number of unbranched alkanes of at least 4 members (excludes halogenated alkanes) is 1. The largest absolute Gasteiger partial charge is 0.494 e. The summed E-state index contributed by atoms with van der Waals surface area (Å²) < 4.78 is 45.5. The molecule has 0 spiro atoms. The molecule has 0 aliphatic carbocycles. The van der Waals surface area contributed by atoms with Gasteiger partial charge < -0.3 is 15.0 Å². The fourth-order valence-electron chi connectivity index (χ4n) is 4.83. The van der Waals surface area contributed by atoms with Crippen LogP contribution in [0.1, 0.15) is 34.3 Å². The number of carbonyl (C=O) groups is 1. The van der Waals surface area contributed by atoms with Gasteiger partial charge >= 0.3 is 6.18 Å². The molecule has 0 aromatic heterocycles. The van der Waals surface area contributed by atoms with Crippen LogP contribution >= 0.6 is 0 Å². The predicted molar refractivity (Wildman–Crippen MR) is 130 cm³/mol. The van der Waals surface area contributed by atoms with E-state index in [0.29, 0.717) is 24.1 Å². The number of anilines is 1.